The van der Waals surface area contributed by atoms with Gasteiger partial charge in [0.2, 0.25) is 10.0 Å². The quantitative estimate of drug-likeness (QED) is 0.480. The number of hydrogen-bond acceptors (Lipinski definition) is 6. The van der Waals surface area contributed by atoms with Crippen LogP contribution < -0.4 is 5.32 Å². The average molecular weight is 545 g/mol. The van der Waals surface area contributed by atoms with Gasteiger partial charge in [-0.05, 0) is 51.5 Å². The normalized spacial score (nSPS) is 12.8. The number of ether oxygens (including phenoxy) is 2. The lowest BCUT2D eigenvalue weighted by Gasteiger charge is -2.19. The number of nitrogens with zero attached hydrogens (tertiary/aromatic N) is 3. The molecule has 0 saturated carbocycles. The van der Waals surface area contributed by atoms with E-state index in [0.29, 0.717) is 17.8 Å². The number of rotatable bonds is 10. The Labute approximate surface area is 217 Å². The number of amides is 1. The van der Waals surface area contributed by atoms with Gasteiger partial charge >= 0.3 is 6.09 Å². The molecule has 0 aliphatic rings. The fourth-order valence-electron chi connectivity index (χ4n) is 3.36. The van der Waals surface area contributed by atoms with Gasteiger partial charge in [-0.25, -0.2) is 21.9 Å². The van der Waals surface area contributed by atoms with Gasteiger partial charge in [0, 0.05) is 39.7 Å². The second-order valence-electron chi connectivity index (χ2n) is 9.36. The van der Waals surface area contributed by atoms with Crippen LogP contribution in [0.1, 0.15) is 43.3 Å². The highest BCUT2D eigenvalue weighted by atomic mass is 35.5. The number of halogens is 2. The van der Waals surface area contributed by atoms with Crippen LogP contribution in [0.25, 0.3) is 0 Å². The van der Waals surface area contributed by atoms with Crippen LogP contribution in [0, 0.1) is 6.92 Å². The van der Waals surface area contributed by atoms with Gasteiger partial charge in [0.25, 0.3) is 0 Å². The van der Waals surface area contributed by atoms with Crippen LogP contribution in [0.4, 0.5) is 9.18 Å². The number of benzene rings is 1. The van der Waals surface area contributed by atoms with Gasteiger partial charge in [-0.15, -0.1) is 0 Å². The lowest BCUT2D eigenvalue weighted by atomic mass is 10.0. The molecule has 1 N–H and O–H groups in total. The van der Waals surface area contributed by atoms with E-state index in [-0.39, 0.29) is 29.6 Å². The van der Waals surface area contributed by atoms with E-state index in [0.717, 1.165) is 15.4 Å². The summed E-state index contributed by atoms with van der Waals surface area (Å²) in [5.41, 5.74) is 2.32. The fraction of sp³-hybridized carbons (Fsp3) is 0.500. The van der Waals surface area contributed by atoms with Gasteiger partial charge in [0.15, 0.2) is 0 Å². The van der Waals surface area contributed by atoms with Crippen LogP contribution in [-0.4, -0.2) is 61.9 Å². The number of methoxy groups -OCH3 is 1. The predicted octanol–water partition coefficient (Wildman–Crippen LogP) is 4.21. The fourth-order valence-corrected chi connectivity index (χ4v) is 4.79. The lowest BCUT2D eigenvalue weighted by Crippen LogP contribution is -2.32. The van der Waals surface area contributed by atoms with Crippen molar-refractivity contribution in [2.45, 2.75) is 57.8 Å². The van der Waals surface area contributed by atoms with Crippen LogP contribution in [0.15, 0.2) is 35.0 Å². The molecule has 0 aliphatic heterocycles. The maximum atomic E-state index is 14.6. The molecule has 1 heterocycles. The second-order valence-corrected chi connectivity index (χ2v) is 11.9. The number of aromatic nitrogens is 2. The molecule has 0 bridgehead atoms. The van der Waals surface area contributed by atoms with Crippen molar-refractivity contribution in [2.75, 3.05) is 27.7 Å². The van der Waals surface area contributed by atoms with Crippen molar-refractivity contribution in [1.29, 1.82) is 0 Å². The first-order chi connectivity index (χ1) is 16.7. The minimum Gasteiger partial charge on any atom is -0.444 e. The molecule has 2 aromatic rings. The molecule has 1 aromatic heterocycles. The number of alkyl carbamates (subject to hydrolysis) is 1. The van der Waals surface area contributed by atoms with Crippen molar-refractivity contribution in [1.82, 2.24) is 19.4 Å². The van der Waals surface area contributed by atoms with E-state index < -0.39 is 27.5 Å². The summed E-state index contributed by atoms with van der Waals surface area (Å²) >= 11 is 6.30. The monoisotopic (exact) mass is 544 g/mol. The van der Waals surface area contributed by atoms with E-state index in [9.17, 15) is 17.6 Å². The van der Waals surface area contributed by atoms with Crippen LogP contribution >= 0.6 is 11.6 Å². The van der Waals surface area contributed by atoms with Gasteiger partial charge in [-0.2, -0.15) is 5.10 Å². The lowest BCUT2D eigenvalue weighted by molar-refractivity contribution is 0.0534. The molecule has 0 atom stereocenters. The molecule has 9 nitrogen and oxygen atoms in total. The Bertz CT molecular complexity index is 1220. The minimum absolute atomic E-state index is 0.0228. The van der Waals surface area contributed by atoms with E-state index in [2.05, 4.69) is 10.4 Å². The zero-order valence-corrected chi connectivity index (χ0v) is 23.3. The Hall–Kier alpha value is -2.47. The molecular formula is C24H34ClFN4O5S. The number of nitrogens with one attached hydrogen (secondary N) is 1. The summed E-state index contributed by atoms with van der Waals surface area (Å²) in [6.07, 6.45) is 1.02. The summed E-state index contributed by atoms with van der Waals surface area (Å²) in [5.74, 6) is -0.487. The SMILES string of the molecule is COCc1c(Cc2ccc(S(=O)(=O)N(C)C)c(Cl)c2)c(C)nn1C/C(F)=C/CNC(=O)OC(C)(C)C. The zero-order chi connectivity index (χ0) is 27.3. The first kappa shape index (κ1) is 29.8. The van der Waals surface area contributed by atoms with Crippen LogP contribution in [-0.2, 0) is 39.1 Å². The maximum Gasteiger partial charge on any atom is 0.407 e. The molecule has 0 saturated heterocycles. The maximum absolute atomic E-state index is 14.6. The minimum atomic E-state index is -3.67. The standard InChI is InChI=1S/C24H34ClFN4O5S/c1-16-19(12-17-8-9-22(20(25)13-17)36(32,33)29(5)6)21(15-34-7)30(28-16)14-18(26)10-11-27-23(31)35-24(2,3)4/h8-10,13H,11-12,14-15H2,1-7H3,(H,27,31)/b18-10-. The van der Waals surface area contributed by atoms with Crippen LogP contribution in [0.3, 0.4) is 0 Å². The molecule has 2 rings (SSSR count). The average Bonchev–Trinajstić information content (AvgIpc) is 3.01. The van der Waals surface area contributed by atoms with Crippen molar-refractivity contribution in [3.8, 4) is 0 Å². The van der Waals surface area contributed by atoms with Gasteiger partial charge in [-0.3, -0.25) is 4.68 Å². The van der Waals surface area contributed by atoms with Crippen LogP contribution in [0.2, 0.25) is 5.02 Å². The number of sulfonamides is 1. The summed E-state index contributed by atoms with van der Waals surface area (Å²) in [6.45, 7) is 7.05. The first-order valence-corrected chi connectivity index (χ1v) is 13.0. The number of hydrogen-bond donors (Lipinski definition) is 1. The Morgan fingerprint density at radius 2 is 1.97 bits per heavy atom. The highest BCUT2D eigenvalue weighted by Gasteiger charge is 2.22. The van der Waals surface area contributed by atoms with Crippen molar-refractivity contribution >= 4 is 27.7 Å². The molecule has 200 valence electrons. The zero-order valence-electron chi connectivity index (χ0n) is 21.7. The van der Waals surface area contributed by atoms with Crippen molar-refractivity contribution < 1.29 is 27.1 Å². The van der Waals surface area contributed by atoms with Crippen molar-refractivity contribution in [2.24, 2.45) is 0 Å². The van der Waals surface area contributed by atoms with Gasteiger partial charge in [0.05, 0.1) is 29.6 Å². The van der Waals surface area contributed by atoms with E-state index in [1.54, 1.807) is 32.9 Å². The molecule has 36 heavy (non-hydrogen) atoms. The Balaban J connectivity index is 2.22. The van der Waals surface area contributed by atoms with E-state index in [1.165, 1.54) is 38.0 Å². The summed E-state index contributed by atoms with van der Waals surface area (Å²) in [5, 5.41) is 7.07. The van der Waals surface area contributed by atoms with E-state index in [1.807, 2.05) is 6.92 Å². The molecule has 0 aliphatic carbocycles. The Morgan fingerprint density at radius 1 is 1.31 bits per heavy atom. The highest BCUT2D eigenvalue weighted by Crippen LogP contribution is 2.27. The Morgan fingerprint density at radius 3 is 2.53 bits per heavy atom. The second kappa shape index (κ2) is 12.2. The molecular weight excluding hydrogens is 511 g/mol. The smallest absolute Gasteiger partial charge is 0.407 e. The summed E-state index contributed by atoms with van der Waals surface area (Å²) in [4.78, 5) is 11.8. The molecule has 0 fully saturated rings. The topological polar surface area (TPSA) is 103 Å². The molecule has 0 spiro atoms. The molecule has 0 radical (unpaired) electrons. The molecule has 1 aromatic carbocycles. The highest BCUT2D eigenvalue weighted by molar-refractivity contribution is 7.89. The van der Waals surface area contributed by atoms with E-state index in [4.69, 9.17) is 21.1 Å². The number of aryl methyl sites for hydroxylation is 1. The molecule has 1 amide bonds. The molecule has 12 heteroatoms. The summed E-state index contributed by atoms with van der Waals surface area (Å²) in [6, 6.07) is 4.77. The molecule has 0 unspecified atom stereocenters. The van der Waals surface area contributed by atoms with Crippen LogP contribution in [0.5, 0.6) is 0 Å². The third kappa shape index (κ3) is 8.02. The number of allylic oxidation sites excluding steroid dienone is 1. The van der Waals surface area contributed by atoms with Crippen molar-refractivity contribution in [3.05, 3.63) is 57.6 Å². The third-order valence-electron chi connectivity index (χ3n) is 5.05. The largest absolute Gasteiger partial charge is 0.444 e. The Kier molecular flexibility index (Phi) is 10.1. The number of carbonyl (C=O) groups is 1. The summed E-state index contributed by atoms with van der Waals surface area (Å²) in [7, 11) is 0.742. The van der Waals surface area contributed by atoms with E-state index >= 15 is 0 Å². The third-order valence-corrected chi connectivity index (χ3v) is 7.35. The summed E-state index contributed by atoms with van der Waals surface area (Å²) < 4.78 is 52.6. The van der Waals surface area contributed by atoms with Gasteiger partial charge in [-0.1, -0.05) is 17.7 Å². The van der Waals surface area contributed by atoms with Gasteiger partial charge < -0.3 is 14.8 Å². The predicted molar refractivity (Wildman–Crippen MR) is 136 cm³/mol. The van der Waals surface area contributed by atoms with Crippen molar-refractivity contribution in [3.63, 3.8) is 0 Å². The number of carbonyl (C=O) groups excluding carboxylic acids is 1. The first-order valence-electron chi connectivity index (χ1n) is 11.2. The van der Waals surface area contributed by atoms with Gasteiger partial charge in [0.1, 0.15) is 16.3 Å².